The number of amides is 4. The predicted molar refractivity (Wildman–Crippen MR) is 86.1 cm³/mol. The second-order valence-electron chi connectivity index (χ2n) is 5.03. The van der Waals surface area contributed by atoms with Crippen molar-refractivity contribution in [3.8, 4) is 0 Å². The zero-order valence-corrected chi connectivity index (χ0v) is 12.8. The number of urea groups is 1. The number of carbonyl (C=O) groups is 3. The van der Waals surface area contributed by atoms with E-state index in [0.717, 1.165) is 10.5 Å². The van der Waals surface area contributed by atoms with E-state index in [2.05, 4.69) is 11.4 Å². The van der Waals surface area contributed by atoms with Crippen LogP contribution in [0.2, 0.25) is 0 Å². The Morgan fingerprint density at radius 2 is 1.74 bits per heavy atom. The highest BCUT2D eigenvalue weighted by molar-refractivity contribution is 6.06. The van der Waals surface area contributed by atoms with E-state index < -0.39 is 11.9 Å². The van der Waals surface area contributed by atoms with Crippen molar-refractivity contribution < 1.29 is 14.4 Å². The lowest BCUT2D eigenvalue weighted by Crippen LogP contribution is -2.37. The molecule has 3 N–H and O–H groups in total. The molecule has 0 aliphatic rings. The van der Waals surface area contributed by atoms with Gasteiger partial charge in [-0.3, -0.25) is 14.5 Å². The van der Waals surface area contributed by atoms with Gasteiger partial charge in [0.2, 0.25) is 0 Å². The van der Waals surface area contributed by atoms with Crippen molar-refractivity contribution in [3.63, 3.8) is 0 Å². The monoisotopic (exact) mass is 310 g/mol. The number of hydrogen-bond acceptors (Lipinski definition) is 3. The van der Waals surface area contributed by atoms with Crippen LogP contribution in [0, 0.1) is 13.0 Å². The summed E-state index contributed by atoms with van der Waals surface area (Å²) in [6.07, 6.45) is 0. The number of nitrogens with two attached hydrogens (primary N) is 1. The van der Waals surface area contributed by atoms with Crippen LogP contribution >= 0.6 is 0 Å². The van der Waals surface area contributed by atoms with E-state index in [1.807, 2.05) is 19.1 Å². The maximum atomic E-state index is 12.2. The molecule has 4 amide bonds. The van der Waals surface area contributed by atoms with Gasteiger partial charge < -0.3 is 11.1 Å². The van der Waals surface area contributed by atoms with Gasteiger partial charge in [0.25, 0.3) is 11.8 Å². The SMILES string of the molecule is Cc1ccc(C(=O)Nc2c[c]cc(C(=O)N(C)C(N)=O)c2)cc1. The maximum absolute atomic E-state index is 12.2. The summed E-state index contributed by atoms with van der Waals surface area (Å²) in [6, 6.07) is 13.4. The van der Waals surface area contributed by atoms with Crippen molar-refractivity contribution in [2.45, 2.75) is 6.92 Å². The topological polar surface area (TPSA) is 92.5 Å². The molecule has 0 spiro atoms. The van der Waals surface area contributed by atoms with Crippen molar-refractivity contribution >= 4 is 23.5 Å². The normalized spacial score (nSPS) is 10.0. The lowest BCUT2D eigenvalue weighted by atomic mass is 10.1. The molecule has 0 fully saturated rings. The molecule has 117 valence electrons. The molecule has 0 bridgehead atoms. The van der Waals surface area contributed by atoms with E-state index in [1.165, 1.54) is 25.2 Å². The summed E-state index contributed by atoms with van der Waals surface area (Å²) in [5.41, 5.74) is 7.23. The van der Waals surface area contributed by atoms with Gasteiger partial charge in [-0.15, -0.1) is 0 Å². The van der Waals surface area contributed by atoms with Crippen LogP contribution in [0.4, 0.5) is 10.5 Å². The van der Waals surface area contributed by atoms with Crippen LogP contribution in [0.5, 0.6) is 0 Å². The van der Waals surface area contributed by atoms with E-state index in [0.29, 0.717) is 11.3 Å². The van der Waals surface area contributed by atoms with Gasteiger partial charge >= 0.3 is 6.03 Å². The van der Waals surface area contributed by atoms with E-state index in [1.54, 1.807) is 12.1 Å². The number of aryl methyl sites for hydroxylation is 1. The van der Waals surface area contributed by atoms with Crippen LogP contribution in [0.3, 0.4) is 0 Å². The number of rotatable bonds is 3. The smallest absolute Gasteiger partial charge is 0.321 e. The predicted octanol–water partition coefficient (Wildman–Crippen LogP) is 2.20. The molecule has 0 saturated heterocycles. The second kappa shape index (κ2) is 6.74. The maximum Gasteiger partial charge on any atom is 0.321 e. The largest absolute Gasteiger partial charge is 0.351 e. The highest BCUT2D eigenvalue weighted by Crippen LogP contribution is 2.14. The van der Waals surface area contributed by atoms with Crippen LogP contribution in [0.15, 0.2) is 42.5 Å². The molecule has 23 heavy (non-hydrogen) atoms. The molecule has 0 saturated carbocycles. The Labute approximate surface area is 133 Å². The Morgan fingerprint density at radius 1 is 1.09 bits per heavy atom. The van der Waals surface area contributed by atoms with Crippen molar-refractivity contribution in [3.05, 3.63) is 65.2 Å². The van der Waals surface area contributed by atoms with Crippen molar-refractivity contribution in [2.75, 3.05) is 12.4 Å². The number of primary amides is 1. The molecule has 0 aliphatic carbocycles. The molecule has 0 unspecified atom stereocenters. The van der Waals surface area contributed by atoms with Gasteiger partial charge in [-0.05, 0) is 43.3 Å². The summed E-state index contributed by atoms with van der Waals surface area (Å²) >= 11 is 0. The summed E-state index contributed by atoms with van der Waals surface area (Å²) < 4.78 is 0. The number of imide groups is 1. The van der Waals surface area contributed by atoms with Gasteiger partial charge in [0.05, 0.1) is 0 Å². The molecule has 0 heterocycles. The minimum absolute atomic E-state index is 0.202. The quantitative estimate of drug-likeness (QED) is 0.910. The van der Waals surface area contributed by atoms with E-state index in [-0.39, 0.29) is 11.5 Å². The van der Waals surface area contributed by atoms with Gasteiger partial charge in [0, 0.05) is 23.9 Å². The lowest BCUT2D eigenvalue weighted by Gasteiger charge is -2.13. The number of nitrogens with zero attached hydrogens (tertiary/aromatic N) is 1. The molecule has 0 aliphatic heterocycles. The lowest BCUT2D eigenvalue weighted by molar-refractivity contribution is 0.0837. The standard InChI is InChI=1S/C17H16N3O3/c1-11-6-8-12(9-7-11)15(21)19-14-5-3-4-13(10-14)16(22)20(2)17(18)23/h4-10H,1-2H3,(H2,18,23)(H,19,21). The van der Waals surface area contributed by atoms with Crippen molar-refractivity contribution in [1.82, 2.24) is 4.90 Å². The minimum Gasteiger partial charge on any atom is -0.351 e. The van der Waals surface area contributed by atoms with Crippen LogP contribution < -0.4 is 11.1 Å². The van der Waals surface area contributed by atoms with Gasteiger partial charge in [-0.2, -0.15) is 0 Å². The van der Waals surface area contributed by atoms with Crippen LogP contribution in [-0.2, 0) is 0 Å². The van der Waals surface area contributed by atoms with Crippen LogP contribution in [0.1, 0.15) is 26.3 Å². The van der Waals surface area contributed by atoms with Crippen LogP contribution in [-0.4, -0.2) is 29.8 Å². The van der Waals surface area contributed by atoms with Gasteiger partial charge in [-0.25, -0.2) is 4.79 Å². The number of carbonyl (C=O) groups excluding carboxylic acids is 3. The molecule has 6 nitrogen and oxygen atoms in total. The Balaban J connectivity index is 2.17. The molecule has 2 rings (SSSR count). The molecule has 1 radical (unpaired) electrons. The third kappa shape index (κ3) is 3.94. The first-order valence-electron chi connectivity index (χ1n) is 6.85. The Hall–Kier alpha value is -3.15. The van der Waals surface area contributed by atoms with Gasteiger partial charge in [0.1, 0.15) is 0 Å². The van der Waals surface area contributed by atoms with Gasteiger partial charge in [0.15, 0.2) is 0 Å². The van der Waals surface area contributed by atoms with Crippen molar-refractivity contribution in [2.24, 2.45) is 5.73 Å². The van der Waals surface area contributed by atoms with E-state index in [9.17, 15) is 14.4 Å². The fourth-order valence-corrected chi connectivity index (χ4v) is 1.87. The summed E-state index contributed by atoms with van der Waals surface area (Å²) in [7, 11) is 1.28. The number of anilines is 1. The minimum atomic E-state index is -0.857. The average Bonchev–Trinajstić information content (AvgIpc) is 2.54. The van der Waals surface area contributed by atoms with Gasteiger partial charge in [-0.1, -0.05) is 17.7 Å². The first kappa shape index (κ1) is 16.2. The molecule has 0 atom stereocenters. The highest BCUT2D eigenvalue weighted by Gasteiger charge is 2.16. The highest BCUT2D eigenvalue weighted by atomic mass is 16.2. The Morgan fingerprint density at radius 3 is 2.35 bits per heavy atom. The Bertz CT molecular complexity index is 754. The first-order chi connectivity index (χ1) is 10.9. The fourth-order valence-electron chi connectivity index (χ4n) is 1.87. The molecular formula is C17H16N3O3. The number of nitrogens with one attached hydrogen (secondary N) is 1. The summed E-state index contributed by atoms with van der Waals surface area (Å²) in [4.78, 5) is 36.0. The summed E-state index contributed by atoms with van der Waals surface area (Å²) in [6.45, 7) is 1.93. The third-order valence-electron chi connectivity index (χ3n) is 3.24. The average molecular weight is 310 g/mol. The number of benzene rings is 2. The Kier molecular flexibility index (Phi) is 4.75. The molecular weight excluding hydrogens is 294 g/mol. The zero-order valence-electron chi connectivity index (χ0n) is 12.8. The third-order valence-corrected chi connectivity index (χ3v) is 3.24. The second-order valence-corrected chi connectivity index (χ2v) is 5.03. The summed E-state index contributed by atoms with van der Waals surface area (Å²) in [5.74, 6) is -0.869. The fraction of sp³-hybridized carbons (Fsp3) is 0.118. The molecule has 2 aromatic rings. The van der Waals surface area contributed by atoms with E-state index >= 15 is 0 Å². The molecule has 6 heteroatoms. The zero-order chi connectivity index (χ0) is 17.0. The first-order valence-corrected chi connectivity index (χ1v) is 6.85. The summed E-state index contributed by atoms with van der Waals surface area (Å²) in [5, 5.41) is 2.68. The number of hydrogen-bond donors (Lipinski definition) is 2. The van der Waals surface area contributed by atoms with Crippen molar-refractivity contribution in [1.29, 1.82) is 0 Å². The van der Waals surface area contributed by atoms with Crippen LogP contribution in [0.25, 0.3) is 0 Å². The molecule has 2 aromatic carbocycles. The van der Waals surface area contributed by atoms with E-state index in [4.69, 9.17) is 5.73 Å². The molecule has 0 aromatic heterocycles.